The number of carbonyl (C=O) groups excluding carboxylic acids is 1. The van der Waals surface area contributed by atoms with Gasteiger partial charge in [-0.25, -0.2) is 4.98 Å². The predicted molar refractivity (Wildman–Crippen MR) is 116 cm³/mol. The average molecular weight is 401 g/mol. The fourth-order valence-corrected chi connectivity index (χ4v) is 3.42. The summed E-state index contributed by atoms with van der Waals surface area (Å²) in [5.74, 6) is 0.148. The molecule has 0 aliphatic heterocycles. The van der Waals surface area contributed by atoms with Crippen molar-refractivity contribution in [1.29, 1.82) is 0 Å². The molecule has 0 unspecified atom stereocenters. The molecule has 0 saturated carbocycles. The van der Waals surface area contributed by atoms with E-state index < -0.39 is 6.04 Å². The molecule has 0 bridgehead atoms. The van der Waals surface area contributed by atoms with E-state index in [1.165, 1.54) is 6.07 Å². The Hall–Kier alpha value is -3.74. The van der Waals surface area contributed by atoms with Crippen LogP contribution in [0.25, 0.3) is 22.4 Å². The number of nitrogens with zero attached hydrogens (tertiary/aromatic N) is 2. The molecular weight excluding hydrogens is 378 g/mol. The normalized spacial score (nSPS) is 12.3. The number of hydrogen-bond acceptors (Lipinski definition) is 4. The zero-order valence-corrected chi connectivity index (χ0v) is 17.1. The summed E-state index contributed by atoms with van der Waals surface area (Å²) in [6.45, 7) is 5.96. The first kappa shape index (κ1) is 19.6. The molecule has 30 heavy (non-hydrogen) atoms. The molecule has 3 N–H and O–H groups in total. The van der Waals surface area contributed by atoms with Gasteiger partial charge in [0.2, 0.25) is 0 Å². The molecule has 0 fully saturated rings. The molecule has 3 aromatic heterocycles. The number of H-pyrrole nitrogens is 2. The van der Waals surface area contributed by atoms with E-state index in [1.807, 2.05) is 51.1 Å². The number of aromatic amines is 2. The summed E-state index contributed by atoms with van der Waals surface area (Å²) < 4.78 is 0. The van der Waals surface area contributed by atoms with E-state index in [9.17, 15) is 9.59 Å². The van der Waals surface area contributed by atoms with Crippen LogP contribution in [0.5, 0.6) is 0 Å². The van der Waals surface area contributed by atoms with E-state index in [0.29, 0.717) is 22.9 Å². The van der Waals surface area contributed by atoms with Gasteiger partial charge in [-0.1, -0.05) is 32.0 Å². The highest BCUT2D eigenvalue weighted by Gasteiger charge is 2.23. The molecule has 7 heteroatoms. The Morgan fingerprint density at radius 1 is 1.07 bits per heavy atom. The Balaban J connectivity index is 1.66. The van der Waals surface area contributed by atoms with Crippen LogP contribution in [-0.4, -0.2) is 25.8 Å². The second-order valence-corrected chi connectivity index (χ2v) is 7.70. The van der Waals surface area contributed by atoms with Crippen molar-refractivity contribution in [2.45, 2.75) is 26.8 Å². The minimum atomic E-state index is -0.435. The Bertz CT molecular complexity index is 1260. The summed E-state index contributed by atoms with van der Waals surface area (Å²) >= 11 is 0. The summed E-state index contributed by atoms with van der Waals surface area (Å²) in [6.07, 6.45) is 1.64. The third kappa shape index (κ3) is 4.00. The third-order valence-electron chi connectivity index (χ3n) is 4.96. The van der Waals surface area contributed by atoms with Crippen LogP contribution in [-0.2, 0) is 0 Å². The van der Waals surface area contributed by atoms with Crippen molar-refractivity contribution in [1.82, 2.24) is 25.3 Å². The van der Waals surface area contributed by atoms with Crippen molar-refractivity contribution in [2.75, 3.05) is 0 Å². The number of aromatic nitrogens is 4. The number of hydrogen-bond donors (Lipinski definition) is 3. The van der Waals surface area contributed by atoms with Gasteiger partial charge in [0, 0.05) is 23.2 Å². The van der Waals surface area contributed by atoms with Crippen LogP contribution in [0.4, 0.5) is 0 Å². The zero-order valence-electron chi connectivity index (χ0n) is 17.1. The van der Waals surface area contributed by atoms with E-state index in [-0.39, 0.29) is 17.4 Å². The third-order valence-corrected chi connectivity index (χ3v) is 4.96. The first-order chi connectivity index (χ1) is 14.4. The van der Waals surface area contributed by atoms with Crippen LogP contribution < -0.4 is 10.9 Å². The van der Waals surface area contributed by atoms with Gasteiger partial charge in [0.05, 0.1) is 11.7 Å². The minimum absolute atomic E-state index is 0.0199. The van der Waals surface area contributed by atoms with E-state index in [1.54, 1.807) is 18.3 Å². The number of aryl methyl sites for hydroxylation is 1. The Labute approximate surface area is 173 Å². The van der Waals surface area contributed by atoms with Crippen LogP contribution >= 0.6 is 0 Å². The van der Waals surface area contributed by atoms with E-state index >= 15 is 0 Å². The van der Waals surface area contributed by atoms with Crippen molar-refractivity contribution in [3.05, 3.63) is 82.0 Å². The second-order valence-electron chi connectivity index (χ2n) is 7.70. The number of fused-ring (bicyclic) bond motifs is 1. The maximum Gasteiger partial charge on any atom is 0.268 e. The largest absolute Gasteiger partial charge is 0.351 e. The maximum absolute atomic E-state index is 13.0. The Morgan fingerprint density at radius 3 is 2.63 bits per heavy atom. The summed E-state index contributed by atoms with van der Waals surface area (Å²) in [5.41, 5.74) is 3.27. The maximum atomic E-state index is 13.0. The molecule has 3 heterocycles. The SMILES string of the molecule is Cc1ccc2cc(C(=O)N[C@@H](c3cc(=O)[nH]c(-c4ccccn4)n3)C(C)C)[nH]c2c1. The van der Waals surface area contributed by atoms with Crippen LogP contribution in [0.15, 0.2) is 59.5 Å². The Kier molecular flexibility index (Phi) is 5.18. The molecule has 0 radical (unpaired) electrons. The van der Waals surface area contributed by atoms with Crippen molar-refractivity contribution in [3.63, 3.8) is 0 Å². The molecule has 0 saturated heterocycles. The quantitative estimate of drug-likeness (QED) is 0.474. The van der Waals surface area contributed by atoms with E-state index in [2.05, 4.69) is 25.3 Å². The summed E-state index contributed by atoms with van der Waals surface area (Å²) in [7, 11) is 0. The topological polar surface area (TPSA) is 104 Å². The highest BCUT2D eigenvalue weighted by Crippen LogP contribution is 2.22. The smallest absolute Gasteiger partial charge is 0.268 e. The summed E-state index contributed by atoms with van der Waals surface area (Å²) in [5, 5.41) is 4.00. The monoisotopic (exact) mass is 401 g/mol. The van der Waals surface area contributed by atoms with E-state index in [0.717, 1.165) is 16.5 Å². The van der Waals surface area contributed by atoms with Gasteiger partial charge >= 0.3 is 0 Å². The van der Waals surface area contributed by atoms with Crippen molar-refractivity contribution in [2.24, 2.45) is 5.92 Å². The van der Waals surface area contributed by atoms with Crippen molar-refractivity contribution < 1.29 is 4.79 Å². The van der Waals surface area contributed by atoms with Gasteiger partial charge in [0.15, 0.2) is 5.82 Å². The highest BCUT2D eigenvalue weighted by molar-refractivity contribution is 5.98. The highest BCUT2D eigenvalue weighted by atomic mass is 16.2. The molecule has 152 valence electrons. The summed E-state index contributed by atoms with van der Waals surface area (Å²) in [6, 6.07) is 14.2. The van der Waals surface area contributed by atoms with Gasteiger partial charge in [0.25, 0.3) is 11.5 Å². The van der Waals surface area contributed by atoms with Crippen LogP contribution in [0.3, 0.4) is 0 Å². The van der Waals surface area contributed by atoms with Gasteiger partial charge in [-0.15, -0.1) is 0 Å². The van der Waals surface area contributed by atoms with Crippen LogP contribution in [0.1, 0.15) is 41.6 Å². The zero-order chi connectivity index (χ0) is 21.3. The van der Waals surface area contributed by atoms with Gasteiger partial charge in [-0.05, 0) is 42.7 Å². The van der Waals surface area contributed by atoms with E-state index in [4.69, 9.17) is 0 Å². The first-order valence-corrected chi connectivity index (χ1v) is 9.83. The number of amides is 1. The molecule has 1 amide bonds. The minimum Gasteiger partial charge on any atom is -0.351 e. The predicted octanol–water partition coefficient (Wildman–Crippen LogP) is 3.75. The molecule has 1 aromatic carbocycles. The lowest BCUT2D eigenvalue weighted by Gasteiger charge is -2.22. The fraction of sp³-hybridized carbons (Fsp3) is 0.217. The van der Waals surface area contributed by atoms with Crippen LogP contribution in [0.2, 0.25) is 0 Å². The lowest BCUT2D eigenvalue weighted by atomic mass is 10.00. The number of benzene rings is 1. The first-order valence-electron chi connectivity index (χ1n) is 9.83. The lowest BCUT2D eigenvalue weighted by molar-refractivity contribution is 0.0920. The molecule has 0 aliphatic carbocycles. The number of carbonyl (C=O) groups is 1. The van der Waals surface area contributed by atoms with Gasteiger partial charge < -0.3 is 15.3 Å². The van der Waals surface area contributed by atoms with Crippen molar-refractivity contribution >= 4 is 16.8 Å². The van der Waals surface area contributed by atoms with Gasteiger partial charge in [0.1, 0.15) is 11.4 Å². The van der Waals surface area contributed by atoms with Crippen LogP contribution in [0, 0.1) is 12.8 Å². The van der Waals surface area contributed by atoms with Crippen molar-refractivity contribution in [3.8, 4) is 11.5 Å². The fourth-order valence-electron chi connectivity index (χ4n) is 3.42. The summed E-state index contributed by atoms with van der Waals surface area (Å²) in [4.78, 5) is 40.0. The lowest BCUT2D eigenvalue weighted by Crippen LogP contribution is -2.33. The molecule has 0 aliphatic rings. The molecule has 0 spiro atoms. The average Bonchev–Trinajstić information content (AvgIpc) is 3.15. The molecule has 4 aromatic rings. The standard InChI is InChI=1S/C23H23N5O2/c1-13(2)21(18-12-20(29)27-22(26-18)16-6-4-5-9-24-16)28-23(30)19-11-15-8-7-14(3)10-17(15)25-19/h4-13,21,25H,1-3H3,(H,28,30)(H,26,27,29)/t21-/m1/s1. The number of rotatable bonds is 5. The Morgan fingerprint density at radius 2 is 1.90 bits per heavy atom. The second kappa shape index (κ2) is 7.94. The van der Waals surface area contributed by atoms with Gasteiger partial charge in [-0.2, -0.15) is 0 Å². The number of pyridine rings is 1. The molecule has 1 atom stereocenters. The number of nitrogens with one attached hydrogen (secondary N) is 3. The van der Waals surface area contributed by atoms with Gasteiger partial charge in [-0.3, -0.25) is 14.6 Å². The molecule has 4 rings (SSSR count). The molecular formula is C23H23N5O2. The molecule has 7 nitrogen and oxygen atoms in total.